The molecule has 0 radical (unpaired) electrons. The van der Waals surface area contributed by atoms with Gasteiger partial charge in [-0.05, 0) is 96.2 Å². The van der Waals surface area contributed by atoms with Crippen LogP contribution in [0.5, 0.6) is 11.5 Å². The number of hydrogen-bond acceptors (Lipinski definition) is 8. The first-order valence-corrected chi connectivity index (χ1v) is 23.6. The molecule has 1 unspecified atom stereocenters. The van der Waals surface area contributed by atoms with E-state index in [0.29, 0.717) is 12.8 Å². The third kappa shape index (κ3) is 11.6. The summed E-state index contributed by atoms with van der Waals surface area (Å²) in [5, 5.41) is -1.83. The molecular weight excluding hydrogens is 848 g/mol. The summed E-state index contributed by atoms with van der Waals surface area (Å²) in [5.74, 6) is -2.34. The van der Waals surface area contributed by atoms with E-state index in [1.807, 2.05) is 36.4 Å². The van der Waals surface area contributed by atoms with Gasteiger partial charge in [-0.25, -0.2) is 13.4 Å². The third-order valence-corrected chi connectivity index (χ3v) is 14.1. The summed E-state index contributed by atoms with van der Waals surface area (Å²) >= 11 is 7.02. The summed E-state index contributed by atoms with van der Waals surface area (Å²) in [4.78, 5) is 55.0. The molecule has 4 aromatic carbocycles. The standard InChI is InChI=1S/C52H61ClN2O8S/c1-10-50(6,7)38-25-30-44(42(35-38)51(8,9)11-2)62-32-18-23-46(57)54-55(39-21-16-13-17-22-39)48(59)52(53,47(58)49(3,4)5)63-40-26-28-41(29-27-40)64(60,61)45-31-24-37(34-43(45)56)33-36-19-14-12-15-20-36/h12-17,19-22,24-31,35H,10-11,18,23,32-34H2,1-9H3,(H,54,57). The molecule has 0 saturated heterocycles. The number of ketones is 2. The number of sulfone groups is 1. The van der Waals surface area contributed by atoms with Gasteiger partial charge in [-0.3, -0.25) is 24.6 Å². The van der Waals surface area contributed by atoms with Crippen LogP contribution in [0.15, 0.2) is 131 Å². The zero-order chi connectivity index (χ0) is 47.1. The van der Waals surface area contributed by atoms with Crippen molar-refractivity contribution in [2.24, 2.45) is 5.41 Å². The van der Waals surface area contributed by atoms with Gasteiger partial charge in [-0.2, -0.15) is 0 Å². The van der Waals surface area contributed by atoms with E-state index in [9.17, 15) is 27.6 Å². The average molecular weight is 910 g/mol. The van der Waals surface area contributed by atoms with Crippen molar-refractivity contribution < 1.29 is 37.1 Å². The van der Waals surface area contributed by atoms with Crippen molar-refractivity contribution in [1.29, 1.82) is 0 Å². The fourth-order valence-electron chi connectivity index (χ4n) is 7.05. The Morgan fingerprint density at radius 2 is 1.39 bits per heavy atom. The molecule has 0 spiro atoms. The van der Waals surface area contributed by atoms with Gasteiger partial charge in [-0.1, -0.05) is 146 Å². The van der Waals surface area contributed by atoms with Crippen molar-refractivity contribution in [2.75, 3.05) is 11.6 Å². The Hall–Kier alpha value is -5.52. The smallest absolute Gasteiger partial charge is 0.322 e. The molecule has 0 heterocycles. The van der Waals surface area contributed by atoms with Crippen LogP contribution in [0.4, 0.5) is 5.69 Å². The Morgan fingerprint density at radius 3 is 1.97 bits per heavy atom. The quantitative estimate of drug-likeness (QED) is 0.0451. The number of amides is 2. The third-order valence-electron chi connectivity index (χ3n) is 11.9. The minimum Gasteiger partial charge on any atom is -0.493 e. The second-order valence-corrected chi connectivity index (χ2v) is 21.0. The van der Waals surface area contributed by atoms with Gasteiger partial charge in [0.05, 0.1) is 17.2 Å². The predicted octanol–water partition coefficient (Wildman–Crippen LogP) is 10.7. The van der Waals surface area contributed by atoms with Crippen LogP contribution in [0.2, 0.25) is 0 Å². The van der Waals surface area contributed by atoms with Crippen molar-refractivity contribution in [3.63, 3.8) is 0 Å². The molecule has 1 aliphatic carbocycles. The lowest BCUT2D eigenvalue weighted by Gasteiger charge is -2.35. The van der Waals surface area contributed by atoms with Gasteiger partial charge in [0.15, 0.2) is 5.78 Å². The normalized spacial score (nSPS) is 14.4. The number of alkyl halides is 1. The molecule has 0 fully saturated rings. The second kappa shape index (κ2) is 20.1. The molecule has 0 saturated carbocycles. The Bertz CT molecular complexity index is 2510. The molecule has 10 nitrogen and oxygen atoms in total. The number of hydrogen-bond donors (Lipinski definition) is 1. The maximum atomic E-state index is 14.7. The van der Waals surface area contributed by atoms with E-state index in [-0.39, 0.29) is 51.5 Å². The minimum atomic E-state index is -4.25. The van der Waals surface area contributed by atoms with E-state index >= 15 is 0 Å². The Balaban J connectivity index is 1.34. The number of benzene rings is 4. The molecular formula is C52H61ClN2O8S. The summed E-state index contributed by atoms with van der Waals surface area (Å²) in [7, 11) is -4.25. The number of hydrazine groups is 1. The van der Waals surface area contributed by atoms with Gasteiger partial charge in [0.25, 0.3) is 0 Å². The zero-order valence-electron chi connectivity index (χ0n) is 38.4. The number of carbonyl (C=O) groups excluding carboxylic acids is 4. The van der Waals surface area contributed by atoms with E-state index in [4.69, 9.17) is 21.1 Å². The van der Waals surface area contributed by atoms with Crippen molar-refractivity contribution in [1.82, 2.24) is 5.43 Å². The number of nitrogens with one attached hydrogen (secondary N) is 1. The Labute approximate surface area is 384 Å². The van der Waals surface area contributed by atoms with Crippen LogP contribution in [-0.2, 0) is 46.3 Å². The van der Waals surface area contributed by atoms with Crippen LogP contribution >= 0.6 is 11.6 Å². The first-order chi connectivity index (χ1) is 30.0. The highest BCUT2D eigenvalue weighted by Gasteiger charge is 2.54. The molecule has 5 rings (SSSR count). The number of rotatable bonds is 18. The number of Topliss-reactive ketones (excluding diaryl/α,β-unsaturated/α-hetero) is 2. The topological polar surface area (TPSA) is 136 Å². The lowest BCUT2D eigenvalue weighted by molar-refractivity contribution is -0.146. The van der Waals surface area contributed by atoms with Gasteiger partial charge >= 0.3 is 11.0 Å². The van der Waals surface area contributed by atoms with Crippen molar-refractivity contribution in [3.8, 4) is 11.5 Å². The molecule has 1 atom stereocenters. The Kier molecular flexibility index (Phi) is 15.6. The maximum Gasteiger partial charge on any atom is 0.322 e. The van der Waals surface area contributed by atoms with Crippen LogP contribution in [0, 0.1) is 5.41 Å². The van der Waals surface area contributed by atoms with Crippen molar-refractivity contribution in [3.05, 3.63) is 142 Å². The van der Waals surface area contributed by atoms with E-state index in [1.165, 1.54) is 35.9 Å². The highest BCUT2D eigenvalue weighted by atomic mass is 35.5. The molecule has 2 amide bonds. The molecule has 1 N–H and O–H groups in total. The SMILES string of the molecule is CCC(C)(C)c1ccc(OCCCC(=O)NN(C(=O)C(Cl)(Oc2ccc(S(=O)(=O)C3=CC=C(Cc4ccccc4)CC3=O)cc2)C(=O)C(C)(C)C)c2ccccc2)c(C(C)(C)CC)c1. The number of ether oxygens (including phenoxy) is 2. The summed E-state index contributed by atoms with van der Waals surface area (Å²) < 4.78 is 39.7. The lowest BCUT2D eigenvalue weighted by Crippen LogP contribution is -2.61. The van der Waals surface area contributed by atoms with Crippen molar-refractivity contribution in [2.45, 2.75) is 122 Å². The Morgan fingerprint density at radius 1 is 0.781 bits per heavy atom. The average Bonchev–Trinajstić information content (AvgIpc) is 3.26. The van der Waals surface area contributed by atoms with Crippen LogP contribution in [0.1, 0.15) is 111 Å². The molecule has 0 bridgehead atoms. The molecule has 12 heteroatoms. The number of nitrogens with zero attached hydrogens (tertiary/aromatic N) is 1. The maximum absolute atomic E-state index is 14.7. The number of anilines is 1. The number of carbonyl (C=O) groups is 4. The number of allylic oxidation sites excluding steroid dienone is 4. The van der Waals surface area contributed by atoms with Crippen molar-refractivity contribution >= 4 is 50.5 Å². The summed E-state index contributed by atoms with van der Waals surface area (Å²) in [6.45, 7) is 18.1. The highest BCUT2D eigenvalue weighted by molar-refractivity contribution is 7.96. The van der Waals surface area contributed by atoms with Crippen LogP contribution in [0.25, 0.3) is 0 Å². The van der Waals surface area contributed by atoms with Gasteiger partial charge in [0, 0.05) is 23.8 Å². The first-order valence-electron chi connectivity index (χ1n) is 21.7. The van der Waals surface area contributed by atoms with Crippen LogP contribution in [0.3, 0.4) is 0 Å². The molecule has 4 aromatic rings. The van der Waals surface area contributed by atoms with Gasteiger partial charge in [0.2, 0.25) is 21.5 Å². The second-order valence-electron chi connectivity index (χ2n) is 18.5. The zero-order valence-corrected chi connectivity index (χ0v) is 40.0. The minimum absolute atomic E-state index is 0.00388. The number of halogens is 1. The predicted molar refractivity (Wildman–Crippen MR) is 253 cm³/mol. The first kappa shape index (κ1) is 49.5. The number of para-hydroxylation sites is 1. The molecule has 1 aliphatic rings. The van der Waals surface area contributed by atoms with Gasteiger partial charge < -0.3 is 9.47 Å². The van der Waals surface area contributed by atoms with Crippen LogP contribution in [-0.4, -0.2) is 43.5 Å². The fraction of sp³-hybridized carbons (Fsp3) is 0.385. The molecule has 0 aliphatic heterocycles. The summed E-state index contributed by atoms with van der Waals surface area (Å²) in [5.41, 5.74) is 5.60. The van der Waals surface area contributed by atoms with E-state index in [1.54, 1.807) is 57.2 Å². The monoisotopic (exact) mass is 908 g/mol. The molecule has 340 valence electrons. The molecule has 64 heavy (non-hydrogen) atoms. The highest BCUT2D eigenvalue weighted by Crippen LogP contribution is 2.39. The van der Waals surface area contributed by atoms with E-state index < -0.39 is 43.7 Å². The largest absolute Gasteiger partial charge is 0.493 e. The summed E-state index contributed by atoms with van der Waals surface area (Å²) in [6.07, 6.45) is 5.61. The van der Waals surface area contributed by atoms with E-state index in [2.05, 4.69) is 59.1 Å². The van der Waals surface area contributed by atoms with Gasteiger partial charge in [-0.15, -0.1) is 0 Å². The summed E-state index contributed by atoms with van der Waals surface area (Å²) in [6, 6.07) is 29.0. The van der Waals surface area contributed by atoms with E-state index in [0.717, 1.165) is 40.3 Å². The molecule has 0 aromatic heterocycles. The van der Waals surface area contributed by atoms with Gasteiger partial charge in [0.1, 0.15) is 16.4 Å². The fourth-order valence-corrected chi connectivity index (χ4v) is 8.88. The lowest BCUT2D eigenvalue weighted by atomic mass is 9.76. The van der Waals surface area contributed by atoms with Crippen LogP contribution < -0.4 is 19.9 Å².